The van der Waals surface area contributed by atoms with Crippen molar-refractivity contribution in [2.45, 2.75) is 51.2 Å². The summed E-state index contributed by atoms with van der Waals surface area (Å²) in [6.07, 6.45) is -2.54. The van der Waals surface area contributed by atoms with Gasteiger partial charge in [-0.15, -0.1) is 0 Å². The standard InChI is InChI=1S/C21H28F3N5O2/c1-13-25-16-6-5-14(12-15(16)18(26-13)21(22,23)24)19(30)29-7-3-4-17(29)20(31)28-10-8-27(2)9-11-28/h14,17H,3-12H2,1-2H3. The lowest BCUT2D eigenvalue weighted by Gasteiger charge is -2.37. The summed E-state index contributed by atoms with van der Waals surface area (Å²) < 4.78 is 40.6. The lowest BCUT2D eigenvalue weighted by Crippen LogP contribution is -2.54. The highest BCUT2D eigenvalue weighted by Crippen LogP contribution is 2.37. The number of halogens is 3. The first-order valence-corrected chi connectivity index (χ1v) is 10.9. The van der Waals surface area contributed by atoms with Crippen LogP contribution in [0, 0.1) is 12.8 Å². The van der Waals surface area contributed by atoms with Gasteiger partial charge in [-0.2, -0.15) is 13.2 Å². The van der Waals surface area contributed by atoms with Crippen molar-refractivity contribution in [1.82, 2.24) is 24.7 Å². The SMILES string of the molecule is Cc1nc2c(c(C(F)(F)F)n1)CC(C(=O)N1CCCC1C(=O)N1CCN(C)CC1)CC2. The summed E-state index contributed by atoms with van der Waals surface area (Å²) >= 11 is 0. The maximum atomic E-state index is 13.5. The largest absolute Gasteiger partial charge is 0.433 e. The van der Waals surface area contributed by atoms with Crippen LogP contribution in [0.4, 0.5) is 13.2 Å². The van der Waals surface area contributed by atoms with Crippen LogP contribution in [0.15, 0.2) is 0 Å². The van der Waals surface area contributed by atoms with E-state index in [4.69, 9.17) is 0 Å². The molecule has 2 saturated heterocycles. The average Bonchev–Trinajstić information content (AvgIpc) is 3.21. The average molecular weight is 439 g/mol. The Labute approximate surface area is 179 Å². The zero-order valence-electron chi connectivity index (χ0n) is 17.9. The zero-order valence-corrected chi connectivity index (χ0v) is 17.9. The van der Waals surface area contributed by atoms with Gasteiger partial charge in [-0.1, -0.05) is 0 Å². The molecule has 2 amide bonds. The number of fused-ring (bicyclic) bond motifs is 1. The summed E-state index contributed by atoms with van der Waals surface area (Å²) in [5.74, 6) is -0.747. The van der Waals surface area contributed by atoms with Crippen LogP contribution in [-0.2, 0) is 28.6 Å². The van der Waals surface area contributed by atoms with Gasteiger partial charge in [0, 0.05) is 49.9 Å². The van der Waals surface area contributed by atoms with E-state index in [0.29, 0.717) is 44.6 Å². The molecule has 31 heavy (non-hydrogen) atoms. The minimum absolute atomic E-state index is 0.0313. The molecule has 0 aromatic carbocycles. The van der Waals surface area contributed by atoms with Crippen molar-refractivity contribution >= 4 is 11.8 Å². The number of aryl methyl sites for hydroxylation is 2. The van der Waals surface area contributed by atoms with E-state index in [-0.39, 0.29) is 29.6 Å². The maximum absolute atomic E-state index is 13.5. The quantitative estimate of drug-likeness (QED) is 0.701. The fourth-order valence-electron chi connectivity index (χ4n) is 4.94. The van der Waals surface area contributed by atoms with E-state index in [9.17, 15) is 22.8 Å². The highest BCUT2D eigenvalue weighted by Gasteiger charge is 2.43. The number of alkyl halides is 3. The molecule has 7 nitrogen and oxygen atoms in total. The topological polar surface area (TPSA) is 69.6 Å². The normalized spacial score (nSPS) is 24.9. The third-order valence-electron chi connectivity index (χ3n) is 6.64. The monoisotopic (exact) mass is 439 g/mol. The summed E-state index contributed by atoms with van der Waals surface area (Å²) in [6, 6.07) is -0.506. The molecule has 0 radical (unpaired) electrons. The molecule has 0 spiro atoms. The van der Waals surface area contributed by atoms with Crippen LogP contribution in [-0.4, -0.2) is 82.3 Å². The number of aromatic nitrogens is 2. The first kappa shape index (κ1) is 22.0. The smallest absolute Gasteiger partial charge is 0.338 e. The van der Waals surface area contributed by atoms with E-state index >= 15 is 0 Å². The number of likely N-dealkylation sites (N-methyl/N-ethyl adjacent to an activating group) is 1. The second-order valence-electron chi connectivity index (χ2n) is 8.80. The number of hydrogen-bond acceptors (Lipinski definition) is 5. The van der Waals surface area contributed by atoms with Gasteiger partial charge in [0.25, 0.3) is 0 Å². The molecule has 2 unspecified atom stereocenters. The van der Waals surface area contributed by atoms with Gasteiger partial charge in [0.05, 0.1) is 0 Å². The van der Waals surface area contributed by atoms with Gasteiger partial charge >= 0.3 is 6.18 Å². The van der Waals surface area contributed by atoms with Crippen LogP contribution in [0.3, 0.4) is 0 Å². The second-order valence-corrected chi connectivity index (χ2v) is 8.80. The Kier molecular flexibility index (Phi) is 5.93. The number of rotatable bonds is 2. The van der Waals surface area contributed by atoms with Crippen molar-refractivity contribution in [3.63, 3.8) is 0 Å². The number of carbonyl (C=O) groups excluding carboxylic acids is 2. The number of carbonyl (C=O) groups is 2. The molecule has 2 fully saturated rings. The summed E-state index contributed by atoms with van der Waals surface area (Å²) in [4.78, 5) is 39.8. The van der Waals surface area contributed by atoms with Gasteiger partial charge in [-0.05, 0) is 46.1 Å². The second kappa shape index (κ2) is 8.37. The molecule has 4 rings (SSSR count). The number of piperazine rings is 1. The van der Waals surface area contributed by atoms with Crippen molar-refractivity contribution in [1.29, 1.82) is 0 Å². The lowest BCUT2D eigenvalue weighted by atomic mass is 9.84. The molecule has 3 heterocycles. The van der Waals surface area contributed by atoms with E-state index in [1.165, 1.54) is 6.92 Å². The third-order valence-corrected chi connectivity index (χ3v) is 6.64. The molecule has 1 aliphatic carbocycles. The molecule has 170 valence electrons. The number of nitrogens with zero attached hydrogens (tertiary/aromatic N) is 5. The number of hydrogen-bond donors (Lipinski definition) is 0. The molecule has 0 saturated carbocycles. The Bertz CT molecular complexity index is 867. The van der Waals surface area contributed by atoms with Crippen molar-refractivity contribution < 1.29 is 22.8 Å². The van der Waals surface area contributed by atoms with E-state index in [1.807, 2.05) is 11.9 Å². The first-order valence-electron chi connectivity index (χ1n) is 10.9. The maximum Gasteiger partial charge on any atom is 0.433 e. The summed E-state index contributed by atoms with van der Waals surface area (Å²) in [5, 5.41) is 0. The summed E-state index contributed by atoms with van der Waals surface area (Å²) in [5.41, 5.74) is -0.516. The predicted molar refractivity (Wildman–Crippen MR) is 106 cm³/mol. The predicted octanol–water partition coefficient (Wildman–Crippen LogP) is 1.67. The van der Waals surface area contributed by atoms with Gasteiger partial charge in [0.15, 0.2) is 5.69 Å². The lowest BCUT2D eigenvalue weighted by molar-refractivity contribution is -0.147. The molecule has 10 heteroatoms. The number of likely N-dealkylation sites (tertiary alicyclic amines) is 1. The summed E-state index contributed by atoms with van der Waals surface area (Å²) in [7, 11) is 2.01. The van der Waals surface area contributed by atoms with Gasteiger partial charge in [0.2, 0.25) is 11.8 Å². The Balaban J connectivity index is 1.51. The van der Waals surface area contributed by atoms with Crippen molar-refractivity contribution in [3.05, 3.63) is 22.8 Å². The zero-order chi connectivity index (χ0) is 22.3. The van der Waals surface area contributed by atoms with Crippen molar-refractivity contribution in [3.8, 4) is 0 Å². The number of amides is 2. The van der Waals surface area contributed by atoms with Gasteiger partial charge in [-0.25, -0.2) is 9.97 Å². The molecular weight excluding hydrogens is 411 g/mol. The van der Waals surface area contributed by atoms with Crippen molar-refractivity contribution in [2.24, 2.45) is 5.92 Å². The molecule has 2 aliphatic heterocycles. The van der Waals surface area contributed by atoms with Crippen LogP contribution in [0.5, 0.6) is 0 Å². The molecule has 2 atom stereocenters. The van der Waals surface area contributed by atoms with E-state index in [1.54, 1.807) is 4.90 Å². The fraction of sp³-hybridized carbons (Fsp3) is 0.714. The van der Waals surface area contributed by atoms with Crippen LogP contribution in [0.2, 0.25) is 0 Å². The highest BCUT2D eigenvalue weighted by molar-refractivity contribution is 5.89. The van der Waals surface area contributed by atoms with Gasteiger partial charge in [0.1, 0.15) is 11.9 Å². The van der Waals surface area contributed by atoms with Gasteiger partial charge in [-0.3, -0.25) is 9.59 Å². The Morgan fingerprint density at radius 2 is 1.71 bits per heavy atom. The molecule has 0 N–H and O–H groups in total. The van der Waals surface area contributed by atoms with Crippen LogP contribution in [0.25, 0.3) is 0 Å². The van der Waals surface area contributed by atoms with Crippen LogP contribution >= 0.6 is 0 Å². The fourth-order valence-corrected chi connectivity index (χ4v) is 4.94. The van der Waals surface area contributed by atoms with E-state index in [2.05, 4.69) is 14.9 Å². The minimum Gasteiger partial charge on any atom is -0.338 e. The minimum atomic E-state index is -4.59. The summed E-state index contributed by atoms with van der Waals surface area (Å²) in [6.45, 7) is 4.79. The van der Waals surface area contributed by atoms with Crippen LogP contribution in [0.1, 0.15) is 42.0 Å². The van der Waals surface area contributed by atoms with E-state index in [0.717, 1.165) is 19.5 Å². The molecule has 3 aliphatic rings. The first-order chi connectivity index (χ1) is 14.6. The Morgan fingerprint density at radius 3 is 2.39 bits per heavy atom. The molecule has 0 bridgehead atoms. The molecular formula is C21H28F3N5O2. The molecule has 1 aromatic rings. The van der Waals surface area contributed by atoms with E-state index < -0.39 is 23.8 Å². The Hall–Kier alpha value is -2.23. The van der Waals surface area contributed by atoms with Crippen LogP contribution < -0.4 is 0 Å². The van der Waals surface area contributed by atoms with Crippen molar-refractivity contribution in [2.75, 3.05) is 39.8 Å². The van der Waals surface area contributed by atoms with Gasteiger partial charge < -0.3 is 14.7 Å². The molecule has 1 aromatic heterocycles. The third kappa shape index (κ3) is 4.40. The Morgan fingerprint density at radius 1 is 1.00 bits per heavy atom. The highest BCUT2D eigenvalue weighted by atomic mass is 19.4.